The van der Waals surface area contributed by atoms with Gasteiger partial charge in [-0.15, -0.1) is 10.2 Å². The highest BCUT2D eigenvalue weighted by molar-refractivity contribution is 7.99. The van der Waals surface area contributed by atoms with Crippen LogP contribution in [0.4, 0.5) is 0 Å². The second-order valence-electron chi connectivity index (χ2n) is 7.27. The molecule has 1 aliphatic rings. The van der Waals surface area contributed by atoms with Gasteiger partial charge in [0, 0.05) is 11.6 Å². The van der Waals surface area contributed by atoms with Crippen LogP contribution in [-0.2, 0) is 9.59 Å². The van der Waals surface area contributed by atoms with Gasteiger partial charge in [-0.25, -0.2) is 0 Å². The lowest BCUT2D eigenvalue weighted by Gasteiger charge is -2.31. The molecule has 2 aromatic rings. The van der Waals surface area contributed by atoms with Crippen LogP contribution in [0.2, 0.25) is 0 Å². The molecule has 3 N–H and O–H groups in total. The fourth-order valence-corrected chi connectivity index (χ4v) is 4.48. The normalized spacial score (nSPS) is 19.0. The van der Waals surface area contributed by atoms with E-state index in [9.17, 15) is 9.59 Å². The molecule has 2 atom stereocenters. The first-order valence-electron chi connectivity index (χ1n) is 9.76. The third-order valence-electron chi connectivity index (χ3n) is 5.20. The molecule has 8 nitrogen and oxygen atoms in total. The van der Waals surface area contributed by atoms with Gasteiger partial charge >= 0.3 is 0 Å². The Balaban J connectivity index is 1.86. The summed E-state index contributed by atoms with van der Waals surface area (Å²) in [7, 11) is 1.64. The minimum Gasteiger partial charge on any atom is -0.497 e. The third kappa shape index (κ3) is 5.29. The van der Waals surface area contributed by atoms with E-state index in [2.05, 4.69) is 27.0 Å². The van der Waals surface area contributed by atoms with Crippen LogP contribution in [0.5, 0.6) is 5.75 Å². The second-order valence-corrected chi connectivity index (χ2v) is 8.21. The molecular formula is C20H27N5O3S. The Hall–Kier alpha value is -2.55. The minimum absolute atomic E-state index is 0.148. The summed E-state index contributed by atoms with van der Waals surface area (Å²) in [6, 6.07) is 8.04. The predicted octanol–water partition coefficient (Wildman–Crippen LogP) is 2.40. The third-order valence-corrected chi connectivity index (χ3v) is 6.15. The number of nitrogens with two attached hydrogens (primary N) is 1. The summed E-state index contributed by atoms with van der Waals surface area (Å²) in [5.41, 5.74) is 6.04. The second kappa shape index (κ2) is 9.78. The average Bonchev–Trinajstić information content (AvgIpc) is 3.14. The van der Waals surface area contributed by atoms with Gasteiger partial charge in [-0.3, -0.25) is 14.2 Å². The fourth-order valence-electron chi connectivity index (χ4n) is 3.66. The highest BCUT2D eigenvalue weighted by Gasteiger charge is 2.29. The van der Waals surface area contributed by atoms with E-state index in [1.165, 1.54) is 24.6 Å². The molecule has 156 valence electrons. The van der Waals surface area contributed by atoms with Gasteiger partial charge in [0.15, 0.2) is 11.0 Å². The van der Waals surface area contributed by atoms with E-state index in [0.717, 1.165) is 30.0 Å². The molecular weight excluding hydrogens is 390 g/mol. The van der Waals surface area contributed by atoms with E-state index >= 15 is 0 Å². The first kappa shape index (κ1) is 21.2. The van der Waals surface area contributed by atoms with Gasteiger partial charge in [0.25, 0.3) is 0 Å². The molecule has 1 aromatic carbocycles. The van der Waals surface area contributed by atoms with Crippen molar-refractivity contribution in [3.8, 4) is 17.1 Å². The lowest BCUT2D eigenvalue weighted by atomic mass is 9.85. The quantitative estimate of drug-likeness (QED) is 0.638. The van der Waals surface area contributed by atoms with Crippen LogP contribution in [0.15, 0.2) is 29.4 Å². The summed E-state index contributed by atoms with van der Waals surface area (Å²) >= 11 is 1.33. The summed E-state index contributed by atoms with van der Waals surface area (Å²) in [5.74, 6) is 1.41. The Morgan fingerprint density at radius 3 is 2.62 bits per heavy atom. The zero-order valence-corrected chi connectivity index (χ0v) is 17.6. The number of benzene rings is 1. The van der Waals surface area contributed by atoms with Crippen molar-refractivity contribution >= 4 is 23.6 Å². The van der Waals surface area contributed by atoms with Crippen molar-refractivity contribution in [2.24, 2.45) is 11.7 Å². The maximum atomic E-state index is 12.0. The van der Waals surface area contributed by atoms with Crippen molar-refractivity contribution in [3.05, 3.63) is 24.3 Å². The number of aromatic nitrogens is 3. The Morgan fingerprint density at radius 2 is 1.97 bits per heavy atom. The molecule has 0 aliphatic heterocycles. The van der Waals surface area contributed by atoms with Crippen molar-refractivity contribution in [1.82, 2.24) is 20.1 Å². The average molecular weight is 418 g/mol. The number of nitrogens with one attached hydrogen (secondary N) is 1. The van der Waals surface area contributed by atoms with Crippen LogP contribution in [0, 0.1) is 5.92 Å². The van der Waals surface area contributed by atoms with Crippen LogP contribution < -0.4 is 15.8 Å². The number of rotatable bonds is 8. The van der Waals surface area contributed by atoms with Crippen molar-refractivity contribution in [3.63, 3.8) is 0 Å². The van der Waals surface area contributed by atoms with E-state index in [4.69, 9.17) is 10.5 Å². The number of hydrogen-bond acceptors (Lipinski definition) is 6. The number of methoxy groups -OCH3 is 1. The molecule has 0 saturated heterocycles. The largest absolute Gasteiger partial charge is 0.497 e. The van der Waals surface area contributed by atoms with E-state index < -0.39 is 5.91 Å². The molecule has 2 amide bonds. The monoisotopic (exact) mass is 417 g/mol. The molecule has 0 unspecified atom stereocenters. The number of carbonyl (C=O) groups is 2. The van der Waals surface area contributed by atoms with Gasteiger partial charge in [-0.2, -0.15) is 0 Å². The molecule has 1 aliphatic carbocycles. The standard InChI is InChI=1S/C20H27N5O3S/c1-13-5-3-4-6-16(13)25-19(14-7-9-15(28-2)10-8-14)23-24-20(25)29-12-18(27)22-11-17(21)26/h7-10,13,16H,3-6,11-12H2,1-2H3,(H2,21,26)(H,22,27)/t13-,16+/m1/s1. The number of ether oxygens (including phenoxy) is 1. The first-order chi connectivity index (χ1) is 14.0. The molecule has 29 heavy (non-hydrogen) atoms. The number of hydrogen-bond donors (Lipinski definition) is 2. The number of amides is 2. The van der Waals surface area contributed by atoms with Gasteiger partial charge in [-0.1, -0.05) is 31.5 Å². The molecule has 9 heteroatoms. The van der Waals surface area contributed by atoms with E-state index in [1.54, 1.807) is 7.11 Å². The van der Waals surface area contributed by atoms with E-state index in [1.807, 2.05) is 24.3 Å². The summed E-state index contributed by atoms with van der Waals surface area (Å²) in [4.78, 5) is 22.9. The Morgan fingerprint density at radius 1 is 1.24 bits per heavy atom. The van der Waals surface area contributed by atoms with Crippen molar-refractivity contribution < 1.29 is 14.3 Å². The highest BCUT2D eigenvalue weighted by Crippen LogP contribution is 2.39. The molecule has 0 radical (unpaired) electrons. The molecule has 0 bridgehead atoms. The summed E-state index contributed by atoms with van der Waals surface area (Å²) in [5, 5.41) is 12.1. The minimum atomic E-state index is -0.565. The van der Waals surface area contributed by atoms with Gasteiger partial charge < -0.3 is 15.8 Å². The maximum Gasteiger partial charge on any atom is 0.236 e. The van der Waals surface area contributed by atoms with E-state index in [-0.39, 0.29) is 24.2 Å². The summed E-state index contributed by atoms with van der Waals surface area (Å²) in [6.07, 6.45) is 4.62. The zero-order valence-electron chi connectivity index (χ0n) is 16.8. The van der Waals surface area contributed by atoms with Crippen LogP contribution in [0.3, 0.4) is 0 Å². The smallest absolute Gasteiger partial charge is 0.236 e. The molecule has 1 fully saturated rings. The molecule has 3 rings (SSSR count). The Labute approximate surface area is 174 Å². The van der Waals surface area contributed by atoms with E-state index in [0.29, 0.717) is 11.1 Å². The number of thioether (sulfide) groups is 1. The molecule has 1 heterocycles. The SMILES string of the molecule is COc1ccc(-c2nnc(SCC(=O)NCC(N)=O)n2[C@H]2CCCC[C@H]2C)cc1. The number of nitrogens with zero attached hydrogens (tertiary/aromatic N) is 3. The van der Waals surface area contributed by atoms with Gasteiger partial charge in [-0.05, 0) is 43.0 Å². The fraction of sp³-hybridized carbons (Fsp3) is 0.500. The van der Waals surface area contributed by atoms with Gasteiger partial charge in [0.05, 0.1) is 19.4 Å². The lowest BCUT2D eigenvalue weighted by molar-refractivity contribution is -0.123. The van der Waals surface area contributed by atoms with Crippen molar-refractivity contribution in [1.29, 1.82) is 0 Å². The lowest BCUT2D eigenvalue weighted by Crippen LogP contribution is -2.34. The van der Waals surface area contributed by atoms with Crippen LogP contribution in [0.1, 0.15) is 38.6 Å². The molecule has 1 saturated carbocycles. The van der Waals surface area contributed by atoms with Gasteiger partial charge in [0.2, 0.25) is 11.8 Å². The predicted molar refractivity (Wildman–Crippen MR) is 112 cm³/mol. The van der Waals surface area contributed by atoms with Crippen LogP contribution in [-0.4, -0.2) is 46.0 Å². The number of carbonyl (C=O) groups excluding carboxylic acids is 2. The topological polar surface area (TPSA) is 112 Å². The summed E-state index contributed by atoms with van der Waals surface area (Å²) < 4.78 is 7.43. The van der Waals surface area contributed by atoms with Gasteiger partial charge in [0.1, 0.15) is 5.75 Å². The Kier molecular flexibility index (Phi) is 7.13. The van der Waals surface area contributed by atoms with Crippen molar-refractivity contribution in [2.45, 2.75) is 43.8 Å². The first-order valence-corrected chi connectivity index (χ1v) is 10.7. The Bertz CT molecular complexity index is 852. The molecule has 0 spiro atoms. The highest BCUT2D eigenvalue weighted by atomic mass is 32.2. The zero-order chi connectivity index (χ0) is 20.8. The number of primary amides is 1. The van der Waals surface area contributed by atoms with Crippen LogP contribution >= 0.6 is 11.8 Å². The summed E-state index contributed by atoms with van der Waals surface area (Å²) in [6.45, 7) is 2.10. The molecule has 1 aromatic heterocycles. The van der Waals surface area contributed by atoms with Crippen molar-refractivity contribution in [2.75, 3.05) is 19.4 Å². The van der Waals surface area contributed by atoms with Crippen LogP contribution in [0.25, 0.3) is 11.4 Å². The maximum absolute atomic E-state index is 12.0.